The van der Waals surface area contributed by atoms with Gasteiger partial charge >= 0.3 is 0 Å². The van der Waals surface area contributed by atoms with E-state index in [-0.39, 0.29) is 0 Å². The summed E-state index contributed by atoms with van der Waals surface area (Å²) in [6, 6.07) is 2.06. The van der Waals surface area contributed by atoms with Crippen LogP contribution in [-0.2, 0) is 6.42 Å². The van der Waals surface area contributed by atoms with Gasteiger partial charge in [0.25, 0.3) is 0 Å². The molecule has 0 spiro atoms. The second-order valence-electron chi connectivity index (χ2n) is 3.84. The van der Waals surface area contributed by atoms with Crippen LogP contribution in [0.4, 0.5) is 0 Å². The predicted octanol–water partition coefficient (Wildman–Crippen LogP) is 2.21. The summed E-state index contributed by atoms with van der Waals surface area (Å²) in [6.45, 7) is 6.68. The zero-order chi connectivity index (χ0) is 10.7. The smallest absolute Gasteiger partial charge is 0.121 e. The number of phenols is 1. The van der Waals surface area contributed by atoms with Crippen LogP contribution in [0.25, 0.3) is 0 Å². The molecular formula is C12H19NO. The average Bonchev–Trinajstić information content (AvgIpc) is 2.18. The first kappa shape index (κ1) is 11.1. The number of aromatic hydroxyl groups is 1. The minimum absolute atomic E-state index is 0.430. The van der Waals surface area contributed by atoms with Crippen LogP contribution in [0, 0.1) is 20.8 Å². The summed E-state index contributed by atoms with van der Waals surface area (Å²) >= 11 is 0. The lowest BCUT2D eigenvalue weighted by Gasteiger charge is -2.12. The first-order valence-corrected chi connectivity index (χ1v) is 5.06. The van der Waals surface area contributed by atoms with Crippen molar-refractivity contribution in [2.24, 2.45) is 5.73 Å². The molecule has 0 heterocycles. The normalized spacial score (nSPS) is 10.6. The van der Waals surface area contributed by atoms with Gasteiger partial charge in [-0.05, 0) is 62.4 Å². The van der Waals surface area contributed by atoms with E-state index in [0.29, 0.717) is 5.75 Å². The number of hydrogen-bond donors (Lipinski definition) is 2. The van der Waals surface area contributed by atoms with Crippen LogP contribution in [0.1, 0.15) is 28.7 Å². The van der Waals surface area contributed by atoms with E-state index in [1.165, 1.54) is 11.1 Å². The molecule has 0 radical (unpaired) electrons. The van der Waals surface area contributed by atoms with Crippen molar-refractivity contribution in [3.05, 3.63) is 28.3 Å². The molecule has 3 N–H and O–H groups in total. The molecule has 2 heteroatoms. The zero-order valence-corrected chi connectivity index (χ0v) is 9.22. The van der Waals surface area contributed by atoms with Gasteiger partial charge in [0, 0.05) is 0 Å². The number of hydrogen-bond acceptors (Lipinski definition) is 2. The van der Waals surface area contributed by atoms with Gasteiger partial charge in [0.05, 0.1) is 0 Å². The SMILES string of the molecule is Cc1cc(CCCN)c(C)c(C)c1O. The van der Waals surface area contributed by atoms with Crippen LogP contribution in [0.3, 0.4) is 0 Å². The van der Waals surface area contributed by atoms with E-state index in [0.717, 1.165) is 30.5 Å². The summed E-state index contributed by atoms with van der Waals surface area (Å²) in [7, 11) is 0. The minimum Gasteiger partial charge on any atom is -0.507 e. The van der Waals surface area contributed by atoms with Gasteiger partial charge in [0.2, 0.25) is 0 Å². The van der Waals surface area contributed by atoms with Crippen LogP contribution >= 0.6 is 0 Å². The second-order valence-corrected chi connectivity index (χ2v) is 3.84. The molecule has 14 heavy (non-hydrogen) atoms. The first-order valence-electron chi connectivity index (χ1n) is 5.06. The summed E-state index contributed by atoms with van der Waals surface area (Å²) in [6.07, 6.45) is 2.01. The standard InChI is InChI=1S/C12H19NO/c1-8-7-11(5-4-6-13)9(2)10(3)12(8)14/h7,14H,4-6,13H2,1-3H3. The van der Waals surface area contributed by atoms with Gasteiger partial charge < -0.3 is 10.8 Å². The largest absolute Gasteiger partial charge is 0.507 e. The fourth-order valence-corrected chi connectivity index (χ4v) is 1.70. The van der Waals surface area contributed by atoms with E-state index in [2.05, 4.69) is 13.0 Å². The van der Waals surface area contributed by atoms with Crippen molar-refractivity contribution in [1.82, 2.24) is 0 Å². The van der Waals surface area contributed by atoms with Gasteiger partial charge in [-0.2, -0.15) is 0 Å². The Morgan fingerprint density at radius 3 is 2.43 bits per heavy atom. The molecule has 0 aliphatic carbocycles. The molecule has 1 rings (SSSR count). The predicted molar refractivity (Wildman–Crippen MR) is 59.7 cm³/mol. The van der Waals surface area contributed by atoms with E-state index in [9.17, 15) is 5.11 Å². The lowest BCUT2D eigenvalue weighted by molar-refractivity contribution is 0.466. The summed E-state index contributed by atoms with van der Waals surface area (Å²) in [5, 5.41) is 9.71. The number of nitrogens with two attached hydrogens (primary N) is 1. The highest BCUT2D eigenvalue weighted by Gasteiger charge is 2.08. The van der Waals surface area contributed by atoms with Crippen molar-refractivity contribution in [2.75, 3.05) is 6.54 Å². The third-order valence-corrected chi connectivity index (χ3v) is 2.81. The van der Waals surface area contributed by atoms with Crippen LogP contribution < -0.4 is 5.73 Å². The Hall–Kier alpha value is -1.02. The molecule has 0 saturated carbocycles. The quantitative estimate of drug-likeness (QED) is 0.773. The van der Waals surface area contributed by atoms with Gasteiger partial charge in [0.1, 0.15) is 5.75 Å². The molecule has 78 valence electrons. The van der Waals surface area contributed by atoms with Crippen molar-refractivity contribution in [3.63, 3.8) is 0 Å². The number of benzene rings is 1. The molecule has 0 bridgehead atoms. The molecule has 0 aliphatic rings. The van der Waals surface area contributed by atoms with Crippen molar-refractivity contribution in [1.29, 1.82) is 0 Å². The lowest BCUT2D eigenvalue weighted by Crippen LogP contribution is -2.02. The van der Waals surface area contributed by atoms with Crippen LogP contribution in [0.5, 0.6) is 5.75 Å². The molecule has 1 aromatic rings. The molecule has 0 aromatic heterocycles. The van der Waals surface area contributed by atoms with Gasteiger partial charge in [-0.1, -0.05) is 6.07 Å². The monoisotopic (exact) mass is 193 g/mol. The maximum Gasteiger partial charge on any atom is 0.121 e. The average molecular weight is 193 g/mol. The van der Waals surface area contributed by atoms with Crippen LogP contribution in [-0.4, -0.2) is 11.7 Å². The van der Waals surface area contributed by atoms with Crippen LogP contribution in [0.2, 0.25) is 0 Å². The number of aryl methyl sites for hydroxylation is 2. The van der Waals surface area contributed by atoms with Gasteiger partial charge in [-0.25, -0.2) is 0 Å². The maximum absolute atomic E-state index is 9.71. The minimum atomic E-state index is 0.430. The molecular weight excluding hydrogens is 174 g/mol. The molecule has 0 aliphatic heterocycles. The molecule has 0 atom stereocenters. The Kier molecular flexibility index (Phi) is 3.53. The molecule has 1 aromatic carbocycles. The number of phenolic OH excluding ortho intramolecular Hbond substituents is 1. The van der Waals surface area contributed by atoms with E-state index >= 15 is 0 Å². The summed E-state index contributed by atoms with van der Waals surface area (Å²) in [5.41, 5.74) is 9.94. The Labute approximate surface area is 85.8 Å². The maximum atomic E-state index is 9.71. The van der Waals surface area contributed by atoms with Gasteiger partial charge in [0.15, 0.2) is 0 Å². The van der Waals surface area contributed by atoms with Gasteiger partial charge in [-0.3, -0.25) is 0 Å². The van der Waals surface area contributed by atoms with Crippen LogP contribution in [0.15, 0.2) is 6.07 Å². The summed E-state index contributed by atoms with van der Waals surface area (Å²) < 4.78 is 0. The van der Waals surface area contributed by atoms with Gasteiger partial charge in [-0.15, -0.1) is 0 Å². The summed E-state index contributed by atoms with van der Waals surface area (Å²) in [5.74, 6) is 0.430. The molecule has 0 fully saturated rings. The molecule has 0 unspecified atom stereocenters. The van der Waals surface area contributed by atoms with E-state index in [1.54, 1.807) is 0 Å². The van der Waals surface area contributed by atoms with Crippen molar-refractivity contribution in [2.45, 2.75) is 33.6 Å². The van der Waals surface area contributed by atoms with Crippen molar-refractivity contribution < 1.29 is 5.11 Å². The third-order valence-electron chi connectivity index (χ3n) is 2.81. The second kappa shape index (κ2) is 4.47. The van der Waals surface area contributed by atoms with E-state index in [1.807, 2.05) is 13.8 Å². The number of rotatable bonds is 3. The Bertz CT molecular complexity index is 332. The van der Waals surface area contributed by atoms with Crippen molar-refractivity contribution >= 4 is 0 Å². The zero-order valence-electron chi connectivity index (χ0n) is 9.22. The summed E-state index contributed by atoms with van der Waals surface area (Å²) in [4.78, 5) is 0. The first-order chi connectivity index (χ1) is 6.57. The topological polar surface area (TPSA) is 46.2 Å². The lowest BCUT2D eigenvalue weighted by atomic mass is 9.96. The fraction of sp³-hybridized carbons (Fsp3) is 0.500. The highest BCUT2D eigenvalue weighted by molar-refractivity contribution is 5.48. The van der Waals surface area contributed by atoms with Crippen molar-refractivity contribution in [3.8, 4) is 5.75 Å². The molecule has 2 nitrogen and oxygen atoms in total. The Morgan fingerprint density at radius 1 is 1.21 bits per heavy atom. The third kappa shape index (κ3) is 2.07. The highest BCUT2D eigenvalue weighted by Crippen LogP contribution is 2.27. The fourth-order valence-electron chi connectivity index (χ4n) is 1.70. The Morgan fingerprint density at radius 2 is 1.86 bits per heavy atom. The molecule has 0 amide bonds. The van der Waals surface area contributed by atoms with E-state index in [4.69, 9.17) is 5.73 Å². The molecule has 0 saturated heterocycles. The highest BCUT2D eigenvalue weighted by atomic mass is 16.3. The van der Waals surface area contributed by atoms with E-state index < -0.39 is 0 Å². The Balaban J connectivity index is 3.06.